The Balaban J connectivity index is 0.992. The summed E-state index contributed by atoms with van der Waals surface area (Å²) in [5, 5.41) is 1.10. The molecule has 308 valence electrons. The van der Waals surface area contributed by atoms with Gasteiger partial charge in [0.05, 0.1) is 46.6 Å². The van der Waals surface area contributed by atoms with Crippen LogP contribution >= 0.6 is 23.2 Å². The molecule has 0 unspecified atom stereocenters. The van der Waals surface area contributed by atoms with E-state index < -0.39 is 19.9 Å². The molecule has 58 heavy (non-hydrogen) atoms. The summed E-state index contributed by atoms with van der Waals surface area (Å²) in [6.45, 7) is 9.91. The summed E-state index contributed by atoms with van der Waals surface area (Å²) in [5.74, 6) is 0.779. The maximum absolute atomic E-state index is 13.7. The first-order valence-electron chi connectivity index (χ1n) is 19.3. The number of nitrogens with zero attached hydrogens (tertiary/aromatic N) is 4. The van der Waals surface area contributed by atoms with E-state index in [0.717, 1.165) is 66.3 Å². The van der Waals surface area contributed by atoms with Crippen LogP contribution in [0.4, 0.5) is 5.69 Å². The van der Waals surface area contributed by atoms with Crippen molar-refractivity contribution in [2.24, 2.45) is 5.41 Å². The van der Waals surface area contributed by atoms with Crippen molar-refractivity contribution < 1.29 is 31.0 Å². The molecule has 0 amide bonds. The van der Waals surface area contributed by atoms with Crippen LogP contribution < -0.4 is 9.64 Å². The van der Waals surface area contributed by atoms with Crippen molar-refractivity contribution in [3.8, 4) is 11.5 Å². The van der Waals surface area contributed by atoms with Gasteiger partial charge in [-0.2, -0.15) is 0 Å². The minimum Gasteiger partial charge on any atom is -0.456 e. The number of sulfone groups is 1. The molecule has 1 aliphatic carbocycles. The smallest absolute Gasteiger partial charge is 0.269 e. The number of pyridine rings is 1. The van der Waals surface area contributed by atoms with Gasteiger partial charge in [-0.05, 0) is 90.4 Å². The molecule has 11 nitrogen and oxygen atoms in total. The van der Waals surface area contributed by atoms with E-state index in [0.29, 0.717) is 23.5 Å². The summed E-state index contributed by atoms with van der Waals surface area (Å²) in [7, 11) is -6.48. The number of benzene rings is 3. The monoisotopic (exact) mass is 866 g/mol. The second-order valence-corrected chi connectivity index (χ2v) is 20.2. The Morgan fingerprint density at radius 3 is 2.36 bits per heavy atom. The van der Waals surface area contributed by atoms with Crippen molar-refractivity contribution in [1.82, 2.24) is 13.9 Å². The highest BCUT2D eigenvalue weighted by molar-refractivity contribution is 7.91. The van der Waals surface area contributed by atoms with E-state index in [1.807, 2.05) is 30.3 Å². The first-order chi connectivity index (χ1) is 27.7. The van der Waals surface area contributed by atoms with Crippen molar-refractivity contribution in [2.75, 3.05) is 70.3 Å². The Labute approximate surface area is 351 Å². The quantitative estimate of drug-likeness (QED) is 0.0947. The number of methoxy groups -OCH3 is 1. The second-order valence-electron chi connectivity index (χ2n) is 15.5. The standard InChI is InChI=1S/C43H48Cl2N4O7S2/c1-43(2)15-13-33(39(28-43)31-7-9-34(44)10-8-31)30-47-17-19-48(20-18-47)35-5-4-6-36(26-35)56-37-25-32-14-16-49(42(32)46-29-37)58(52,53)38-11-12-41(40(45)27-38)57(50,51)24-23-55-22-21-54-3/h4-12,14,16,25-27,29H,13,15,17-24,28,30H2,1-3H3. The fraction of sp³-hybridized carbons (Fsp3) is 0.372. The lowest BCUT2D eigenvalue weighted by atomic mass is 9.72. The molecule has 5 aromatic rings. The van der Waals surface area contributed by atoms with Crippen molar-refractivity contribution in [3.05, 3.63) is 112 Å². The van der Waals surface area contributed by atoms with Gasteiger partial charge in [0.2, 0.25) is 0 Å². The number of anilines is 1. The third kappa shape index (κ3) is 9.73. The zero-order valence-corrected chi connectivity index (χ0v) is 36.0. The lowest BCUT2D eigenvalue weighted by Crippen LogP contribution is -2.47. The molecule has 0 bridgehead atoms. The minimum atomic E-state index is -4.18. The average Bonchev–Trinajstić information content (AvgIpc) is 3.63. The molecule has 0 spiro atoms. The maximum atomic E-state index is 13.7. The van der Waals surface area contributed by atoms with E-state index in [2.05, 4.69) is 46.8 Å². The molecule has 2 aromatic heterocycles. The normalized spacial score (nSPS) is 16.6. The zero-order valence-electron chi connectivity index (χ0n) is 32.9. The predicted octanol–water partition coefficient (Wildman–Crippen LogP) is 8.60. The molecule has 0 saturated carbocycles. The minimum absolute atomic E-state index is 0.0522. The molecule has 3 heterocycles. The SMILES string of the molecule is COCCOCCS(=O)(=O)c1ccc(S(=O)(=O)n2ccc3cc(Oc4cccc(N5CCN(CC6=C(c7ccc(Cl)cc7)CC(C)(C)CC6)CC5)c4)cnc32)cc1Cl. The van der Waals surface area contributed by atoms with E-state index in [1.54, 1.807) is 12.1 Å². The summed E-state index contributed by atoms with van der Waals surface area (Å²) in [6, 6.07) is 23.2. The third-order valence-corrected chi connectivity index (χ3v) is 14.8. The molecular formula is C43H48Cl2N4O7S2. The van der Waals surface area contributed by atoms with Gasteiger partial charge in [-0.25, -0.2) is 25.8 Å². The van der Waals surface area contributed by atoms with Crippen LogP contribution in [0.2, 0.25) is 10.0 Å². The number of aromatic nitrogens is 2. The van der Waals surface area contributed by atoms with Gasteiger partial charge in [0.25, 0.3) is 10.0 Å². The van der Waals surface area contributed by atoms with E-state index in [4.69, 9.17) is 37.4 Å². The summed E-state index contributed by atoms with van der Waals surface area (Å²) in [4.78, 5) is 9.04. The number of hydrogen-bond acceptors (Lipinski definition) is 10. The molecular weight excluding hydrogens is 820 g/mol. The van der Waals surface area contributed by atoms with Crippen LogP contribution in [0.1, 0.15) is 38.7 Å². The Kier molecular flexibility index (Phi) is 12.9. The van der Waals surface area contributed by atoms with Gasteiger partial charge in [0, 0.05) is 68.2 Å². The lowest BCUT2D eigenvalue weighted by Gasteiger charge is -2.39. The molecule has 2 aliphatic rings. The number of fused-ring (bicyclic) bond motifs is 1. The van der Waals surface area contributed by atoms with Crippen LogP contribution in [0.25, 0.3) is 16.6 Å². The molecule has 1 aliphatic heterocycles. The van der Waals surface area contributed by atoms with Crippen LogP contribution in [0.15, 0.2) is 107 Å². The van der Waals surface area contributed by atoms with E-state index in [-0.39, 0.29) is 44.8 Å². The Morgan fingerprint density at radius 1 is 0.845 bits per heavy atom. The molecule has 0 radical (unpaired) electrons. The van der Waals surface area contributed by atoms with Crippen LogP contribution in [0.3, 0.4) is 0 Å². The summed E-state index contributed by atoms with van der Waals surface area (Å²) >= 11 is 12.6. The van der Waals surface area contributed by atoms with E-state index in [9.17, 15) is 16.8 Å². The van der Waals surface area contributed by atoms with Gasteiger partial charge in [-0.3, -0.25) is 4.90 Å². The summed E-state index contributed by atoms with van der Waals surface area (Å²) < 4.78 is 70.7. The zero-order chi connectivity index (χ0) is 41.1. The van der Waals surface area contributed by atoms with Gasteiger partial charge in [-0.15, -0.1) is 0 Å². The predicted molar refractivity (Wildman–Crippen MR) is 230 cm³/mol. The molecule has 3 aromatic carbocycles. The maximum Gasteiger partial charge on any atom is 0.269 e. The molecule has 15 heteroatoms. The first kappa shape index (κ1) is 42.2. The summed E-state index contributed by atoms with van der Waals surface area (Å²) in [5.41, 5.74) is 5.81. The Bertz CT molecular complexity index is 2520. The van der Waals surface area contributed by atoms with Gasteiger partial charge in [0.15, 0.2) is 15.5 Å². The number of rotatable bonds is 15. The van der Waals surface area contributed by atoms with Gasteiger partial charge < -0.3 is 19.1 Å². The number of halogens is 2. The van der Waals surface area contributed by atoms with Crippen LogP contribution in [-0.4, -0.2) is 96.1 Å². The third-order valence-electron chi connectivity index (χ3n) is 10.8. The largest absolute Gasteiger partial charge is 0.456 e. The fourth-order valence-electron chi connectivity index (χ4n) is 7.54. The van der Waals surface area contributed by atoms with Gasteiger partial charge in [0.1, 0.15) is 11.5 Å². The molecule has 0 N–H and O–H groups in total. The number of allylic oxidation sites excluding steroid dienone is 1. The number of piperazine rings is 1. The van der Waals surface area contributed by atoms with Gasteiger partial charge >= 0.3 is 0 Å². The molecule has 7 rings (SSSR count). The highest BCUT2D eigenvalue weighted by atomic mass is 35.5. The van der Waals surface area contributed by atoms with Crippen LogP contribution in [0.5, 0.6) is 11.5 Å². The van der Waals surface area contributed by atoms with E-state index >= 15 is 0 Å². The second kappa shape index (κ2) is 17.7. The van der Waals surface area contributed by atoms with Crippen LogP contribution in [0, 0.1) is 5.41 Å². The van der Waals surface area contributed by atoms with Crippen molar-refractivity contribution in [3.63, 3.8) is 0 Å². The fourth-order valence-corrected chi connectivity index (χ4v) is 10.8. The lowest BCUT2D eigenvalue weighted by molar-refractivity contribution is 0.0785. The average molecular weight is 868 g/mol. The highest BCUT2D eigenvalue weighted by Gasteiger charge is 2.30. The number of ether oxygens (including phenoxy) is 3. The molecule has 0 atom stereocenters. The molecule has 1 saturated heterocycles. The van der Waals surface area contributed by atoms with Crippen LogP contribution in [-0.2, 0) is 29.3 Å². The highest BCUT2D eigenvalue weighted by Crippen LogP contribution is 2.43. The van der Waals surface area contributed by atoms with Gasteiger partial charge in [-0.1, -0.05) is 60.8 Å². The topological polar surface area (TPSA) is 120 Å². The molecule has 1 fully saturated rings. The van der Waals surface area contributed by atoms with E-state index in [1.165, 1.54) is 54.8 Å². The van der Waals surface area contributed by atoms with Crippen molar-refractivity contribution in [1.29, 1.82) is 0 Å². The Morgan fingerprint density at radius 2 is 1.62 bits per heavy atom. The van der Waals surface area contributed by atoms with Crippen molar-refractivity contribution >= 4 is 65.4 Å². The Hall–Kier alpha value is -3.95. The first-order valence-corrected chi connectivity index (χ1v) is 23.1. The van der Waals surface area contributed by atoms with Crippen molar-refractivity contribution in [2.45, 2.75) is 42.9 Å². The number of hydrogen-bond donors (Lipinski definition) is 0. The summed E-state index contributed by atoms with van der Waals surface area (Å²) in [6.07, 6.45) is 6.24.